The minimum Gasteiger partial charge on any atom is -0.363 e. The number of rotatable bonds is 5. The summed E-state index contributed by atoms with van der Waals surface area (Å²) in [4.78, 5) is 16.3. The van der Waals surface area contributed by atoms with Crippen LogP contribution >= 0.6 is 0 Å². The van der Waals surface area contributed by atoms with Crippen LogP contribution in [0.1, 0.15) is 41.9 Å². The molecule has 1 aliphatic rings. The zero-order chi connectivity index (χ0) is 15.2. The SMILES string of the molecule is O=C(NC1CCCC1)c1ccc(NCc2ccccn2)nn1. The molecular formula is C16H19N5O. The van der Waals surface area contributed by atoms with Crippen molar-refractivity contribution in [1.29, 1.82) is 0 Å². The predicted octanol–water partition coefficient (Wildman–Crippen LogP) is 2.16. The highest BCUT2D eigenvalue weighted by Crippen LogP contribution is 2.18. The van der Waals surface area contributed by atoms with Gasteiger partial charge in [0, 0.05) is 12.2 Å². The smallest absolute Gasteiger partial charge is 0.272 e. The first-order valence-corrected chi connectivity index (χ1v) is 7.59. The molecule has 1 saturated carbocycles. The van der Waals surface area contributed by atoms with Crippen LogP contribution in [0.2, 0.25) is 0 Å². The zero-order valence-corrected chi connectivity index (χ0v) is 12.3. The van der Waals surface area contributed by atoms with Gasteiger partial charge in [-0.2, -0.15) is 0 Å². The normalized spacial score (nSPS) is 14.7. The number of nitrogens with one attached hydrogen (secondary N) is 2. The van der Waals surface area contributed by atoms with Crippen LogP contribution in [0.25, 0.3) is 0 Å². The van der Waals surface area contributed by atoms with Gasteiger partial charge in [-0.25, -0.2) is 0 Å². The number of aromatic nitrogens is 3. The third-order valence-corrected chi connectivity index (χ3v) is 3.76. The van der Waals surface area contributed by atoms with Crippen LogP contribution in [0, 0.1) is 0 Å². The van der Waals surface area contributed by atoms with Crippen molar-refractivity contribution < 1.29 is 4.79 Å². The van der Waals surface area contributed by atoms with E-state index in [0.29, 0.717) is 18.1 Å². The lowest BCUT2D eigenvalue weighted by molar-refractivity contribution is 0.0932. The summed E-state index contributed by atoms with van der Waals surface area (Å²) >= 11 is 0. The summed E-state index contributed by atoms with van der Waals surface area (Å²) in [6.07, 6.45) is 6.24. The van der Waals surface area contributed by atoms with E-state index in [0.717, 1.165) is 18.5 Å². The van der Waals surface area contributed by atoms with Gasteiger partial charge in [-0.15, -0.1) is 10.2 Å². The second kappa shape index (κ2) is 6.98. The molecule has 0 atom stereocenters. The summed E-state index contributed by atoms with van der Waals surface area (Å²) in [6, 6.07) is 9.49. The van der Waals surface area contributed by atoms with Crippen LogP contribution in [0.3, 0.4) is 0 Å². The van der Waals surface area contributed by atoms with Gasteiger partial charge in [-0.05, 0) is 37.1 Å². The predicted molar refractivity (Wildman–Crippen MR) is 83.3 cm³/mol. The van der Waals surface area contributed by atoms with Gasteiger partial charge in [-0.1, -0.05) is 18.9 Å². The molecule has 0 unspecified atom stereocenters. The van der Waals surface area contributed by atoms with Gasteiger partial charge in [0.05, 0.1) is 12.2 Å². The fourth-order valence-corrected chi connectivity index (χ4v) is 2.56. The highest BCUT2D eigenvalue weighted by atomic mass is 16.2. The van der Waals surface area contributed by atoms with Gasteiger partial charge in [0.2, 0.25) is 0 Å². The van der Waals surface area contributed by atoms with Crippen LogP contribution < -0.4 is 10.6 Å². The number of nitrogens with zero attached hydrogens (tertiary/aromatic N) is 3. The van der Waals surface area contributed by atoms with E-state index in [2.05, 4.69) is 25.8 Å². The van der Waals surface area contributed by atoms with Crippen molar-refractivity contribution in [3.8, 4) is 0 Å². The Morgan fingerprint density at radius 2 is 2.00 bits per heavy atom. The molecule has 0 bridgehead atoms. The lowest BCUT2D eigenvalue weighted by Gasteiger charge is -2.11. The van der Waals surface area contributed by atoms with Gasteiger partial charge in [0.15, 0.2) is 5.69 Å². The Hall–Kier alpha value is -2.50. The molecule has 0 spiro atoms. The number of carbonyl (C=O) groups excluding carboxylic acids is 1. The van der Waals surface area contributed by atoms with Crippen molar-refractivity contribution in [2.75, 3.05) is 5.32 Å². The third kappa shape index (κ3) is 3.78. The van der Waals surface area contributed by atoms with Gasteiger partial charge in [0.25, 0.3) is 5.91 Å². The molecule has 6 nitrogen and oxygen atoms in total. The van der Waals surface area contributed by atoms with E-state index in [1.807, 2.05) is 18.2 Å². The van der Waals surface area contributed by atoms with Crippen molar-refractivity contribution in [3.05, 3.63) is 47.9 Å². The summed E-state index contributed by atoms with van der Waals surface area (Å²) in [5.74, 6) is 0.485. The van der Waals surface area contributed by atoms with Crippen molar-refractivity contribution in [3.63, 3.8) is 0 Å². The van der Waals surface area contributed by atoms with Crippen LogP contribution in [0.4, 0.5) is 5.82 Å². The minimum absolute atomic E-state index is 0.143. The summed E-state index contributed by atoms with van der Waals surface area (Å²) < 4.78 is 0. The van der Waals surface area contributed by atoms with E-state index in [9.17, 15) is 4.79 Å². The molecule has 1 amide bonds. The highest BCUT2D eigenvalue weighted by molar-refractivity contribution is 5.92. The molecule has 2 N–H and O–H groups in total. The van der Waals surface area contributed by atoms with Crippen molar-refractivity contribution >= 4 is 11.7 Å². The maximum Gasteiger partial charge on any atom is 0.272 e. The Morgan fingerprint density at radius 3 is 2.68 bits per heavy atom. The van der Waals surface area contributed by atoms with E-state index in [4.69, 9.17) is 0 Å². The van der Waals surface area contributed by atoms with Crippen LogP contribution in [0.5, 0.6) is 0 Å². The third-order valence-electron chi connectivity index (χ3n) is 3.76. The molecule has 2 aromatic heterocycles. The first kappa shape index (κ1) is 14.4. The molecule has 1 fully saturated rings. The zero-order valence-electron chi connectivity index (χ0n) is 12.3. The quantitative estimate of drug-likeness (QED) is 0.884. The maximum atomic E-state index is 12.0. The summed E-state index contributed by atoms with van der Waals surface area (Å²) in [7, 11) is 0. The fourth-order valence-electron chi connectivity index (χ4n) is 2.56. The Labute approximate surface area is 129 Å². The molecule has 114 valence electrons. The molecule has 3 rings (SSSR count). The van der Waals surface area contributed by atoms with Crippen molar-refractivity contribution in [2.45, 2.75) is 38.3 Å². The Morgan fingerprint density at radius 1 is 1.14 bits per heavy atom. The van der Waals surface area contributed by atoms with Crippen molar-refractivity contribution in [2.24, 2.45) is 0 Å². The maximum absolute atomic E-state index is 12.0. The van der Waals surface area contributed by atoms with Gasteiger partial charge >= 0.3 is 0 Å². The summed E-state index contributed by atoms with van der Waals surface area (Å²) in [5, 5.41) is 14.2. The van der Waals surface area contributed by atoms with Gasteiger partial charge in [0.1, 0.15) is 5.82 Å². The number of pyridine rings is 1. The summed E-state index contributed by atoms with van der Waals surface area (Å²) in [5.41, 5.74) is 1.28. The molecule has 6 heteroatoms. The molecule has 0 aliphatic heterocycles. The Bertz CT molecular complexity index is 608. The molecule has 0 radical (unpaired) electrons. The number of hydrogen-bond acceptors (Lipinski definition) is 5. The summed E-state index contributed by atoms with van der Waals surface area (Å²) in [6.45, 7) is 0.573. The van der Waals surface area contributed by atoms with E-state index in [-0.39, 0.29) is 11.9 Å². The Balaban J connectivity index is 1.54. The molecule has 22 heavy (non-hydrogen) atoms. The number of hydrogen-bond donors (Lipinski definition) is 2. The van der Waals surface area contributed by atoms with Crippen LogP contribution in [-0.4, -0.2) is 27.1 Å². The van der Waals surface area contributed by atoms with Gasteiger partial charge in [-0.3, -0.25) is 9.78 Å². The first-order chi connectivity index (χ1) is 10.8. The molecule has 1 aliphatic carbocycles. The van der Waals surface area contributed by atoms with Gasteiger partial charge < -0.3 is 10.6 Å². The van der Waals surface area contributed by atoms with Crippen LogP contribution in [0.15, 0.2) is 36.5 Å². The average molecular weight is 297 g/mol. The number of carbonyl (C=O) groups is 1. The van der Waals surface area contributed by atoms with E-state index < -0.39 is 0 Å². The molecule has 0 aromatic carbocycles. The molecule has 2 heterocycles. The monoisotopic (exact) mass is 297 g/mol. The van der Waals surface area contributed by atoms with E-state index >= 15 is 0 Å². The standard InChI is InChI=1S/C16H19N5O/c22-16(19-12-5-1-2-6-12)14-8-9-15(21-20-14)18-11-13-7-3-4-10-17-13/h3-4,7-10,12H,1-2,5-6,11H2,(H,18,21)(H,19,22). The first-order valence-electron chi connectivity index (χ1n) is 7.59. The lowest BCUT2D eigenvalue weighted by atomic mass is 10.2. The minimum atomic E-state index is -0.143. The van der Waals surface area contributed by atoms with Crippen molar-refractivity contribution in [1.82, 2.24) is 20.5 Å². The largest absolute Gasteiger partial charge is 0.363 e. The van der Waals surface area contributed by atoms with Crippen LogP contribution in [-0.2, 0) is 6.54 Å². The average Bonchev–Trinajstić information content (AvgIpc) is 3.07. The topological polar surface area (TPSA) is 79.8 Å². The van der Waals surface area contributed by atoms with E-state index in [1.165, 1.54) is 12.8 Å². The highest BCUT2D eigenvalue weighted by Gasteiger charge is 2.18. The van der Waals surface area contributed by atoms with E-state index in [1.54, 1.807) is 18.3 Å². The second-order valence-electron chi connectivity index (χ2n) is 5.43. The number of amides is 1. The fraction of sp³-hybridized carbons (Fsp3) is 0.375. The molecule has 2 aromatic rings. The molecular weight excluding hydrogens is 278 g/mol. The molecule has 0 saturated heterocycles. The lowest BCUT2D eigenvalue weighted by Crippen LogP contribution is -2.33. The number of anilines is 1. The Kier molecular flexibility index (Phi) is 4.58. The second-order valence-corrected chi connectivity index (χ2v) is 5.43.